The lowest BCUT2D eigenvalue weighted by molar-refractivity contribution is 0.0398. The highest BCUT2D eigenvalue weighted by molar-refractivity contribution is 4.89. The Bertz CT molecular complexity index is 290. The van der Waals surface area contributed by atoms with Crippen LogP contribution in [0.1, 0.15) is 11.8 Å². The van der Waals surface area contributed by atoms with Crippen LogP contribution < -0.4 is 5.32 Å². The molecule has 1 aromatic rings. The Hall–Kier alpha value is -1.02. The SMILES string of the molecule is Cc1nnc(CNC(CO)(CO)CO)o1. The van der Waals surface area contributed by atoms with Crippen molar-refractivity contribution in [3.8, 4) is 0 Å². The van der Waals surface area contributed by atoms with Gasteiger partial charge in [0, 0.05) is 6.92 Å². The summed E-state index contributed by atoms with van der Waals surface area (Å²) >= 11 is 0. The van der Waals surface area contributed by atoms with E-state index in [1.54, 1.807) is 6.92 Å². The molecule has 0 radical (unpaired) electrons. The maximum absolute atomic E-state index is 9.01. The van der Waals surface area contributed by atoms with Gasteiger partial charge in [0.25, 0.3) is 0 Å². The molecule has 0 spiro atoms. The summed E-state index contributed by atoms with van der Waals surface area (Å²) in [5.41, 5.74) is -1.12. The van der Waals surface area contributed by atoms with Gasteiger partial charge in [0.2, 0.25) is 11.8 Å². The van der Waals surface area contributed by atoms with E-state index in [1.807, 2.05) is 0 Å². The molecule has 0 aliphatic carbocycles. The number of nitrogens with zero attached hydrogens (tertiary/aromatic N) is 2. The van der Waals surface area contributed by atoms with Gasteiger partial charge in [-0.3, -0.25) is 5.32 Å². The normalized spacial score (nSPS) is 12.0. The van der Waals surface area contributed by atoms with E-state index in [4.69, 9.17) is 19.7 Å². The van der Waals surface area contributed by atoms with Crippen LogP contribution in [0.2, 0.25) is 0 Å². The van der Waals surface area contributed by atoms with E-state index in [2.05, 4.69) is 15.5 Å². The van der Waals surface area contributed by atoms with Gasteiger partial charge in [-0.1, -0.05) is 0 Å². The van der Waals surface area contributed by atoms with Crippen LogP contribution in [0, 0.1) is 6.92 Å². The fraction of sp³-hybridized carbons (Fsp3) is 0.750. The van der Waals surface area contributed by atoms with Crippen molar-refractivity contribution >= 4 is 0 Å². The molecule has 4 N–H and O–H groups in total. The number of rotatable bonds is 6. The minimum absolute atomic E-state index is 0.183. The number of hydrogen-bond acceptors (Lipinski definition) is 7. The van der Waals surface area contributed by atoms with Crippen LogP contribution in [-0.2, 0) is 6.54 Å². The summed E-state index contributed by atoms with van der Waals surface area (Å²) < 4.78 is 5.08. The van der Waals surface area contributed by atoms with Gasteiger partial charge in [0.15, 0.2) is 0 Å². The smallest absolute Gasteiger partial charge is 0.230 e. The summed E-state index contributed by atoms with van der Waals surface area (Å²) in [6.45, 7) is 0.698. The summed E-state index contributed by atoms with van der Waals surface area (Å²) in [7, 11) is 0. The number of aliphatic hydroxyl groups is 3. The molecular formula is C8H15N3O4. The first-order valence-corrected chi connectivity index (χ1v) is 4.52. The third-order valence-corrected chi connectivity index (χ3v) is 2.09. The van der Waals surface area contributed by atoms with Gasteiger partial charge >= 0.3 is 0 Å². The van der Waals surface area contributed by atoms with E-state index >= 15 is 0 Å². The third kappa shape index (κ3) is 2.96. The Kier molecular flexibility index (Phi) is 4.15. The van der Waals surface area contributed by atoms with Gasteiger partial charge < -0.3 is 19.7 Å². The topological polar surface area (TPSA) is 112 Å². The Morgan fingerprint density at radius 1 is 1.20 bits per heavy atom. The predicted molar refractivity (Wildman–Crippen MR) is 49.9 cm³/mol. The van der Waals surface area contributed by atoms with Crippen LogP contribution in [0.15, 0.2) is 4.42 Å². The molecule has 7 nitrogen and oxygen atoms in total. The first kappa shape index (κ1) is 12.1. The lowest BCUT2D eigenvalue weighted by Crippen LogP contribution is -2.54. The Morgan fingerprint density at radius 2 is 1.80 bits per heavy atom. The highest BCUT2D eigenvalue weighted by Gasteiger charge is 2.27. The minimum atomic E-state index is -1.12. The van der Waals surface area contributed by atoms with Gasteiger partial charge in [0.05, 0.1) is 31.9 Å². The summed E-state index contributed by atoms with van der Waals surface area (Å²) in [6, 6.07) is 0. The zero-order chi connectivity index (χ0) is 11.3. The molecular weight excluding hydrogens is 202 g/mol. The van der Waals surface area contributed by atoms with Crippen LogP contribution in [0.25, 0.3) is 0 Å². The molecule has 0 bridgehead atoms. The largest absolute Gasteiger partial charge is 0.424 e. The maximum Gasteiger partial charge on any atom is 0.230 e. The monoisotopic (exact) mass is 217 g/mol. The molecule has 0 amide bonds. The van der Waals surface area contributed by atoms with Crippen molar-refractivity contribution in [2.24, 2.45) is 0 Å². The number of nitrogens with one attached hydrogen (secondary N) is 1. The van der Waals surface area contributed by atoms with Crippen molar-refractivity contribution in [3.05, 3.63) is 11.8 Å². The lowest BCUT2D eigenvalue weighted by atomic mass is 10.0. The van der Waals surface area contributed by atoms with Gasteiger partial charge in [-0.05, 0) is 0 Å². The Morgan fingerprint density at radius 3 is 2.20 bits per heavy atom. The fourth-order valence-corrected chi connectivity index (χ4v) is 0.990. The molecule has 1 heterocycles. The Balaban J connectivity index is 2.54. The van der Waals surface area contributed by atoms with Crippen molar-refractivity contribution in [1.82, 2.24) is 15.5 Å². The molecule has 0 aromatic carbocycles. The van der Waals surface area contributed by atoms with E-state index in [1.165, 1.54) is 0 Å². The lowest BCUT2D eigenvalue weighted by Gasteiger charge is -2.27. The Labute approximate surface area is 86.8 Å². The standard InChI is InChI=1S/C8H15N3O4/c1-6-10-11-7(15-6)2-9-8(3-12,4-13)5-14/h9,12-14H,2-5H2,1H3. The highest BCUT2D eigenvalue weighted by Crippen LogP contribution is 2.04. The number of hydrogen-bond donors (Lipinski definition) is 4. The summed E-state index contributed by atoms with van der Waals surface area (Å²) in [5.74, 6) is 0.779. The van der Waals surface area contributed by atoms with Crippen LogP contribution >= 0.6 is 0 Å². The maximum atomic E-state index is 9.01. The van der Waals surface area contributed by atoms with Crippen LogP contribution in [0.5, 0.6) is 0 Å². The molecule has 1 rings (SSSR count). The van der Waals surface area contributed by atoms with E-state index in [0.717, 1.165) is 0 Å². The summed E-state index contributed by atoms with van der Waals surface area (Å²) in [6.07, 6.45) is 0. The summed E-state index contributed by atoms with van der Waals surface area (Å²) in [4.78, 5) is 0. The molecule has 15 heavy (non-hydrogen) atoms. The molecule has 1 aromatic heterocycles. The van der Waals surface area contributed by atoms with Gasteiger partial charge in [-0.15, -0.1) is 10.2 Å². The van der Waals surface area contributed by atoms with E-state index in [-0.39, 0.29) is 26.4 Å². The van der Waals surface area contributed by atoms with E-state index in [9.17, 15) is 0 Å². The molecule has 0 saturated carbocycles. The molecule has 7 heteroatoms. The van der Waals surface area contributed by atoms with Crippen molar-refractivity contribution in [2.45, 2.75) is 19.0 Å². The van der Waals surface area contributed by atoms with Crippen LogP contribution in [-0.4, -0.2) is 50.9 Å². The van der Waals surface area contributed by atoms with Crippen molar-refractivity contribution in [1.29, 1.82) is 0 Å². The molecule has 0 fully saturated rings. The molecule has 0 atom stereocenters. The van der Waals surface area contributed by atoms with Crippen LogP contribution in [0.3, 0.4) is 0 Å². The average molecular weight is 217 g/mol. The second kappa shape index (κ2) is 5.17. The third-order valence-electron chi connectivity index (χ3n) is 2.09. The molecule has 0 saturated heterocycles. The van der Waals surface area contributed by atoms with Crippen LogP contribution in [0.4, 0.5) is 0 Å². The first-order valence-electron chi connectivity index (χ1n) is 4.52. The van der Waals surface area contributed by atoms with E-state index < -0.39 is 5.54 Å². The second-order valence-corrected chi connectivity index (χ2v) is 3.32. The zero-order valence-corrected chi connectivity index (χ0v) is 8.47. The summed E-state index contributed by atoms with van der Waals surface area (Å²) in [5, 5.41) is 37.1. The fourth-order valence-electron chi connectivity index (χ4n) is 0.990. The van der Waals surface area contributed by atoms with Crippen molar-refractivity contribution in [2.75, 3.05) is 19.8 Å². The minimum Gasteiger partial charge on any atom is -0.424 e. The van der Waals surface area contributed by atoms with E-state index in [0.29, 0.717) is 11.8 Å². The zero-order valence-electron chi connectivity index (χ0n) is 8.47. The van der Waals surface area contributed by atoms with Gasteiger partial charge in [-0.2, -0.15) is 0 Å². The quantitative estimate of drug-likeness (QED) is 0.444. The first-order chi connectivity index (χ1) is 7.15. The molecule has 86 valence electrons. The molecule has 0 unspecified atom stereocenters. The number of aryl methyl sites for hydroxylation is 1. The second-order valence-electron chi connectivity index (χ2n) is 3.32. The number of aliphatic hydroxyl groups excluding tert-OH is 3. The molecule has 0 aliphatic rings. The predicted octanol–water partition coefficient (Wildman–Crippen LogP) is -1.82. The molecule has 0 aliphatic heterocycles. The van der Waals surface area contributed by atoms with Crippen molar-refractivity contribution in [3.63, 3.8) is 0 Å². The van der Waals surface area contributed by atoms with Crippen molar-refractivity contribution < 1.29 is 19.7 Å². The van der Waals surface area contributed by atoms with Gasteiger partial charge in [-0.25, -0.2) is 0 Å². The highest BCUT2D eigenvalue weighted by atomic mass is 16.4. The number of aromatic nitrogens is 2. The van der Waals surface area contributed by atoms with Gasteiger partial charge in [0.1, 0.15) is 0 Å². The average Bonchev–Trinajstić information content (AvgIpc) is 2.67.